The van der Waals surface area contributed by atoms with Crippen molar-refractivity contribution in [3.8, 4) is 33.9 Å². The summed E-state index contributed by atoms with van der Waals surface area (Å²) in [5.41, 5.74) is 2.18. The highest BCUT2D eigenvalue weighted by Crippen LogP contribution is 2.32. The van der Waals surface area contributed by atoms with Gasteiger partial charge >= 0.3 is 0 Å². The Bertz CT molecular complexity index is 1380. The van der Waals surface area contributed by atoms with Gasteiger partial charge in [-0.15, -0.1) is 0 Å². The monoisotopic (exact) mass is 453 g/mol. The smallest absolute Gasteiger partial charge is 0.280 e. The van der Waals surface area contributed by atoms with E-state index in [0.717, 1.165) is 11.1 Å². The van der Waals surface area contributed by atoms with Gasteiger partial charge in [0.2, 0.25) is 0 Å². The van der Waals surface area contributed by atoms with E-state index in [-0.39, 0.29) is 18.2 Å². The van der Waals surface area contributed by atoms with E-state index in [0.29, 0.717) is 29.4 Å². The van der Waals surface area contributed by atoms with Crippen molar-refractivity contribution in [1.82, 2.24) is 15.1 Å². The second-order valence-electron chi connectivity index (χ2n) is 7.97. The number of nitrogens with one attached hydrogen (secondary N) is 1. The summed E-state index contributed by atoms with van der Waals surface area (Å²) in [6.07, 6.45) is -0.377. The number of hydrogen-bond acceptors (Lipinski definition) is 5. The molecule has 1 aliphatic heterocycles. The SMILES string of the molecule is Cn1nc(-c2ccccc2)c(-c2ccccc2)c(C(=O)NCC2COc3ccccc3O2)c1=O. The van der Waals surface area contributed by atoms with Crippen LogP contribution >= 0.6 is 0 Å². The molecule has 0 bridgehead atoms. The van der Waals surface area contributed by atoms with Crippen molar-refractivity contribution in [2.75, 3.05) is 13.2 Å². The van der Waals surface area contributed by atoms with Crippen LogP contribution in [0.15, 0.2) is 89.7 Å². The Labute approximate surface area is 196 Å². The summed E-state index contributed by atoms with van der Waals surface area (Å²) in [7, 11) is 1.55. The molecule has 0 radical (unpaired) electrons. The van der Waals surface area contributed by atoms with Crippen molar-refractivity contribution < 1.29 is 14.3 Å². The van der Waals surface area contributed by atoms with Gasteiger partial charge in [0.1, 0.15) is 18.3 Å². The molecular weight excluding hydrogens is 430 g/mol. The number of fused-ring (bicyclic) bond motifs is 1. The summed E-state index contributed by atoms with van der Waals surface area (Å²) < 4.78 is 12.9. The number of hydrogen-bond donors (Lipinski definition) is 1. The second kappa shape index (κ2) is 9.23. The Morgan fingerprint density at radius 2 is 1.56 bits per heavy atom. The first-order chi connectivity index (χ1) is 16.6. The van der Waals surface area contributed by atoms with Crippen LogP contribution in [0.4, 0.5) is 0 Å². The van der Waals surface area contributed by atoms with E-state index >= 15 is 0 Å². The zero-order chi connectivity index (χ0) is 23.5. The minimum Gasteiger partial charge on any atom is -0.486 e. The van der Waals surface area contributed by atoms with Crippen molar-refractivity contribution in [3.63, 3.8) is 0 Å². The quantitative estimate of drug-likeness (QED) is 0.499. The van der Waals surface area contributed by atoms with Gasteiger partial charge in [0.15, 0.2) is 11.5 Å². The molecule has 1 N–H and O–H groups in total. The minimum absolute atomic E-state index is 0.0414. The van der Waals surface area contributed by atoms with Gasteiger partial charge in [-0.25, -0.2) is 4.68 Å². The van der Waals surface area contributed by atoms with E-state index in [4.69, 9.17) is 9.47 Å². The molecule has 0 saturated carbocycles. The number of benzene rings is 3. The molecule has 5 rings (SSSR count). The number of carbonyl (C=O) groups excluding carboxylic acids is 1. The fourth-order valence-electron chi connectivity index (χ4n) is 3.99. The summed E-state index contributed by atoms with van der Waals surface area (Å²) in [5, 5.41) is 7.39. The maximum atomic E-state index is 13.4. The molecule has 3 aromatic carbocycles. The van der Waals surface area contributed by atoms with Gasteiger partial charge in [-0.1, -0.05) is 72.8 Å². The Morgan fingerprint density at radius 3 is 2.26 bits per heavy atom. The number of aromatic nitrogens is 2. The van der Waals surface area contributed by atoms with Gasteiger partial charge in [-0.3, -0.25) is 9.59 Å². The lowest BCUT2D eigenvalue weighted by Crippen LogP contribution is -2.42. The van der Waals surface area contributed by atoms with Crippen LogP contribution in [0.1, 0.15) is 10.4 Å². The number of ether oxygens (including phenoxy) is 2. The van der Waals surface area contributed by atoms with Crippen LogP contribution < -0.4 is 20.3 Å². The first-order valence-corrected chi connectivity index (χ1v) is 11.0. The van der Waals surface area contributed by atoms with E-state index in [9.17, 15) is 9.59 Å². The molecule has 1 aliphatic rings. The molecule has 1 unspecified atom stereocenters. The van der Waals surface area contributed by atoms with Crippen molar-refractivity contribution in [1.29, 1.82) is 0 Å². The van der Waals surface area contributed by atoms with Crippen LogP contribution in [0, 0.1) is 0 Å². The Hall–Kier alpha value is -4.39. The van der Waals surface area contributed by atoms with Gasteiger partial charge in [-0.05, 0) is 17.7 Å². The van der Waals surface area contributed by atoms with Crippen LogP contribution in [0.25, 0.3) is 22.4 Å². The predicted molar refractivity (Wildman–Crippen MR) is 129 cm³/mol. The number of para-hydroxylation sites is 2. The molecule has 0 saturated heterocycles. The van der Waals surface area contributed by atoms with E-state index in [1.165, 1.54) is 4.68 Å². The van der Waals surface area contributed by atoms with Gasteiger partial charge in [0, 0.05) is 18.2 Å². The molecule has 34 heavy (non-hydrogen) atoms. The molecule has 0 aliphatic carbocycles. The van der Waals surface area contributed by atoms with Gasteiger partial charge in [0.05, 0.1) is 12.2 Å². The highest BCUT2D eigenvalue weighted by atomic mass is 16.6. The average Bonchev–Trinajstić information content (AvgIpc) is 2.89. The standard InChI is InChI=1S/C27H23N3O4/c1-30-27(32)24(26(31)28-16-20-17-33-21-14-8-9-15-22(21)34-20)23(18-10-4-2-5-11-18)25(29-30)19-12-6-3-7-13-19/h2-15,20H,16-17H2,1H3,(H,28,31). The van der Waals surface area contributed by atoms with Crippen molar-refractivity contribution in [3.05, 3.63) is 101 Å². The van der Waals surface area contributed by atoms with Crippen LogP contribution in [-0.4, -0.2) is 34.9 Å². The number of rotatable bonds is 5. The average molecular weight is 453 g/mol. The number of nitrogens with zero attached hydrogens (tertiary/aromatic N) is 2. The van der Waals surface area contributed by atoms with Crippen LogP contribution in [-0.2, 0) is 7.05 Å². The maximum absolute atomic E-state index is 13.4. The van der Waals surface area contributed by atoms with Crippen LogP contribution in [0.5, 0.6) is 11.5 Å². The molecule has 0 spiro atoms. The Balaban J connectivity index is 1.51. The zero-order valence-corrected chi connectivity index (χ0v) is 18.6. The van der Waals surface area contributed by atoms with Gasteiger partial charge in [-0.2, -0.15) is 5.10 Å². The normalized spacial score (nSPS) is 14.4. The summed E-state index contributed by atoms with van der Waals surface area (Å²) in [4.78, 5) is 26.6. The second-order valence-corrected chi connectivity index (χ2v) is 7.97. The van der Waals surface area contributed by atoms with Crippen LogP contribution in [0.3, 0.4) is 0 Å². The van der Waals surface area contributed by atoms with E-state index in [1.54, 1.807) is 7.05 Å². The molecule has 1 aromatic heterocycles. The first kappa shape index (κ1) is 21.5. The summed E-state index contributed by atoms with van der Waals surface area (Å²) >= 11 is 0. The van der Waals surface area contributed by atoms with Crippen LogP contribution in [0.2, 0.25) is 0 Å². The third kappa shape index (κ3) is 4.15. The van der Waals surface area contributed by atoms with Gasteiger partial charge < -0.3 is 14.8 Å². The number of carbonyl (C=O) groups is 1. The van der Waals surface area contributed by atoms with E-state index in [2.05, 4.69) is 10.4 Å². The van der Waals surface area contributed by atoms with Crippen molar-refractivity contribution >= 4 is 5.91 Å². The molecular formula is C27H23N3O4. The molecule has 2 heterocycles. The van der Waals surface area contributed by atoms with Crippen molar-refractivity contribution in [2.45, 2.75) is 6.10 Å². The first-order valence-electron chi connectivity index (χ1n) is 11.0. The molecule has 1 amide bonds. The molecule has 4 aromatic rings. The maximum Gasteiger partial charge on any atom is 0.280 e. The molecule has 170 valence electrons. The highest BCUT2D eigenvalue weighted by molar-refractivity contribution is 6.03. The fourth-order valence-corrected chi connectivity index (χ4v) is 3.99. The minimum atomic E-state index is -0.485. The highest BCUT2D eigenvalue weighted by Gasteiger charge is 2.26. The molecule has 0 fully saturated rings. The summed E-state index contributed by atoms with van der Waals surface area (Å²) in [6.45, 7) is 0.486. The lowest BCUT2D eigenvalue weighted by molar-refractivity contribution is 0.0788. The number of aryl methyl sites for hydroxylation is 1. The lowest BCUT2D eigenvalue weighted by Gasteiger charge is -2.26. The fraction of sp³-hybridized carbons (Fsp3) is 0.148. The third-order valence-electron chi connectivity index (χ3n) is 5.64. The molecule has 7 heteroatoms. The zero-order valence-electron chi connectivity index (χ0n) is 18.6. The molecule has 1 atom stereocenters. The topological polar surface area (TPSA) is 82.5 Å². The Kier molecular flexibility index (Phi) is 5.82. The van der Waals surface area contributed by atoms with E-state index < -0.39 is 11.5 Å². The predicted octanol–water partition coefficient (Wildman–Crippen LogP) is 3.68. The summed E-state index contributed by atoms with van der Waals surface area (Å²) in [5.74, 6) is 0.817. The number of amides is 1. The van der Waals surface area contributed by atoms with Gasteiger partial charge in [0.25, 0.3) is 11.5 Å². The largest absolute Gasteiger partial charge is 0.486 e. The van der Waals surface area contributed by atoms with Crippen molar-refractivity contribution in [2.24, 2.45) is 7.05 Å². The lowest BCUT2D eigenvalue weighted by atomic mass is 9.95. The van der Waals surface area contributed by atoms with E-state index in [1.807, 2.05) is 84.9 Å². The Morgan fingerprint density at radius 1 is 0.941 bits per heavy atom. The third-order valence-corrected chi connectivity index (χ3v) is 5.64. The molecule has 7 nitrogen and oxygen atoms in total. The summed E-state index contributed by atoms with van der Waals surface area (Å²) in [6, 6.07) is 26.3.